The van der Waals surface area contributed by atoms with Crippen LogP contribution in [0.2, 0.25) is 5.02 Å². The van der Waals surface area contributed by atoms with Crippen LogP contribution < -0.4 is 15.5 Å². The smallest absolute Gasteiger partial charge is 0.230 e. The predicted octanol–water partition coefficient (Wildman–Crippen LogP) is 4.09. The first-order valence-electron chi connectivity index (χ1n) is 10.8. The normalized spacial score (nSPS) is 13.8. The van der Waals surface area contributed by atoms with Gasteiger partial charge in [0.25, 0.3) is 0 Å². The minimum Gasteiger partial charge on any atom is -0.368 e. The highest BCUT2D eigenvalue weighted by molar-refractivity contribution is 7.80. The van der Waals surface area contributed by atoms with Gasteiger partial charge in [-0.05, 0) is 60.1 Å². The van der Waals surface area contributed by atoms with E-state index in [9.17, 15) is 9.59 Å². The van der Waals surface area contributed by atoms with E-state index in [1.54, 1.807) is 12.1 Å². The van der Waals surface area contributed by atoms with Crippen LogP contribution in [-0.2, 0) is 16.0 Å². The minimum atomic E-state index is -0.189. The van der Waals surface area contributed by atoms with Crippen LogP contribution in [0.25, 0.3) is 0 Å². The Hall–Kier alpha value is -2.64. The number of nitrogens with one attached hydrogen (secondary N) is 2. The van der Waals surface area contributed by atoms with Gasteiger partial charge in [0.2, 0.25) is 11.8 Å². The van der Waals surface area contributed by atoms with E-state index in [0.717, 1.165) is 43.1 Å². The van der Waals surface area contributed by atoms with Gasteiger partial charge in [-0.15, -0.1) is 0 Å². The summed E-state index contributed by atoms with van der Waals surface area (Å²) in [5.41, 5.74) is 2.77. The molecule has 8 heteroatoms. The van der Waals surface area contributed by atoms with Crippen molar-refractivity contribution in [3.05, 3.63) is 59.1 Å². The molecule has 1 fully saturated rings. The van der Waals surface area contributed by atoms with Crippen LogP contribution in [-0.4, -0.2) is 48.0 Å². The summed E-state index contributed by atoms with van der Waals surface area (Å²) in [7, 11) is 0. The molecular weight excluding hydrogens is 444 g/mol. The Morgan fingerprint density at radius 3 is 2.22 bits per heavy atom. The molecule has 0 radical (unpaired) electrons. The predicted molar refractivity (Wildman–Crippen MR) is 134 cm³/mol. The summed E-state index contributed by atoms with van der Waals surface area (Å²) < 4.78 is 0. The number of thiocarbonyl (C=S) groups is 1. The van der Waals surface area contributed by atoms with E-state index in [0.29, 0.717) is 17.4 Å². The largest absolute Gasteiger partial charge is 0.368 e. The van der Waals surface area contributed by atoms with E-state index in [-0.39, 0.29) is 23.3 Å². The molecule has 2 aromatic carbocycles. The Labute approximate surface area is 199 Å². The molecule has 6 nitrogen and oxygen atoms in total. The van der Waals surface area contributed by atoms with Crippen LogP contribution in [0.5, 0.6) is 0 Å². The molecule has 0 unspecified atom stereocenters. The SMILES string of the molecule is CC(C)CC(=O)N1CCN(c2ccc(NC(=S)NC(=O)Cc3ccc(Cl)cc3)cc2)CC1. The Kier molecular flexibility index (Phi) is 8.47. The summed E-state index contributed by atoms with van der Waals surface area (Å²) in [5, 5.41) is 6.64. The number of benzene rings is 2. The molecule has 0 saturated carbocycles. The molecule has 2 amide bonds. The molecular formula is C24H29ClN4O2S. The summed E-state index contributed by atoms with van der Waals surface area (Å²) >= 11 is 11.1. The molecule has 0 bridgehead atoms. The zero-order valence-electron chi connectivity index (χ0n) is 18.4. The lowest BCUT2D eigenvalue weighted by molar-refractivity contribution is -0.132. The van der Waals surface area contributed by atoms with Crippen molar-refractivity contribution < 1.29 is 9.59 Å². The molecule has 0 spiro atoms. The lowest BCUT2D eigenvalue weighted by Crippen LogP contribution is -2.49. The zero-order valence-corrected chi connectivity index (χ0v) is 20.0. The van der Waals surface area contributed by atoms with E-state index in [4.69, 9.17) is 23.8 Å². The fourth-order valence-electron chi connectivity index (χ4n) is 3.57. The molecule has 0 atom stereocenters. The van der Waals surface area contributed by atoms with Gasteiger partial charge in [0, 0.05) is 49.0 Å². The minimum absolute atomic E-state index is 0.189. The van der Waals surface area contributed by atoms with Crippen LogP contribution in [0, 0.1) is 5.92 Å². The van der Waals surface area contributed by atoms with Gasteiger partial charge >= 0.3 is 0 Å². The molecule has 1 saturated heterocycles. The molecule has 2 aromatic rings. The molecule has 3 rings (SSSR count). The summed E-state index contributed by atoms with van der Waals surface area (Å²) in [5.74, 6) is 0.436. The van der Waals surface area contributed by atoms with Crippen molar-refractivity contribution in [2.45, 2.75) is 26.7 Å². The van der Waals surface area contributed by atoms with Gasteiger partial charge in [0.1, 0.15) is 0 Å². The van der Waals surface area contributed by atoms with Gasteiger partial charge in [-0.3, -0.25) is 9.59 Å². The lowest BCUT2D eigenvalue weighted by Gasteiger charge is -2.36. The fraction of sp³-hybridized carbons (Fsp3) is 0.375. The van der Waals surface area contributed by atoms with Crippen LogP contribution in [0.4, 0.5) is 11.4 Å². The number of anilines is 2. The number of hydrogen-bond donors (Lipinski definition) is 2. The maximum Gasteiger partial charge on any atom is 0.230 e. The van der Waals surface area contributed by atoms with E-state index >= 15 is 0 Å². The van der Waals surface area contributed by atoms with Crippen molar-refractivity contribution in [3.8, 4) is 0 Å². The molecule has 2 N–H and O–H groups in total. The Bertz CT molecular complexity index is 939. The second-order valence-electron chi connectivity index (χ2n) is 8.32. The van der Waals surface area contributed by atoms with Gasteiger partial charge in [-0.2, -0.15) is 0 Å². The summed E-state index contributed by atoms with van der Waals surface area (Å²) in [6, 6.07) is 15.1. The van der Waals surface area contributed by atoms with Crippen molar-refractivity contribution in [1.82, 2.24) is 10.2 Å². The van der Waals surface area contributed by atoms with Crippen LogP contribution >= 0.6 is 23.8 Å². The molecule has 32 heavy (non-hydrogen) atoms. The standard InChI is InChI=1S/C24H29ClN4O2S/c1-17(2)15-23(31)29-13-11-28(12-14-29)21-9-7-20(8-10-21)26-24(32)27-22(30)16-18-3-5-19(25)6-4-18/h3-10,17H,11-16H2,1-2H3,(H2,26,27,30,32). The topological polar surface area (TPSA) is 64.7 Å². The number of carbonyl (C=O) groups excluding carboxylic acids is 2. The van der Waals surface area contributed by atoms with Gasteiger partial charge in [0.05, 0.1) is 6.42 Å². The van der Waals surface area contributed by atoms with Crippen molar-refractivity contribution >= 4 is 52.1 Å². The highest BCUT2D eigenvalue weighted by Crippen LogP contribution is 2.20. The monoisotopic (exact) mass is 472 g/mol. The van der Waals surface area contributed by atoms with Crippen LogP contribution in [0.3, 0.4) is 0 Å². The Morgan fingerprint density at radius 1 is 1.00 bits per heavy atom. The van der Waals surface area contributed by atoms with Gasteiger partial charge < -0.3 is 20.4 Å². The molecule has 1 heterocycles. The number of carbonyl (C=O) groups is 2. The van der Waals surface area contributed by atoms with E-state index in [1.807, 2.05) is 41.3 Å². The highest BCUT2D eigenvalue weighted by Gasteiger charge is 2.21. The second-order valence-corrected chi connectivity index (χ2v) is 9.16. The zero-order chi connectivity index (χ0) is 23.1. The molecule has 1 aliphatic rings. The molecule has 1 aliphatic heterocycles. The number of halogens is 1. The van der Waals surface area contributed by atoms with Crippen molar-refractivity contribution in [2.24, 2.45) is 5.92 Å². The lowest BCUT2D eigenvalue weighted by atomic mass is 10.1. The van der Waals surface area contributed by atoms with Crippen molar-refractivity contribution in [1.29, 1.82) is 0 Å². The van der Waals surface area contributed by atoms with E-state index in [2.05, 4.69) is 29.4 Å². The van der Waals surface area contributed by atoms with Gasteiger partial charge in [-0.1, -0.05) is 37.6 Å². The molecule has 0 aromatic heterocycles. The van der Waals surface area contributed by atoms with E-state index in [1.165, 1.54) is 0 Å². The molecule has 0 aliphatic carbocycles. The first-order valence-corrected chi connectivity index (χ1v) is 11.6. The Balaban J connectivity index is 1.45. The molecule has 170 valence electrons. The highest BCUT2D eigenvalue weighted by atomic mass is 35.5. The van der Waals surface area contributed by atoms with E-state index < -0.39 is 0 Å². The van der Waals surface area contributed by atoms with Crippen LogP contribution in [0.15, 0.2) is 48.5 Å². The number of piperazine rings is 1. The summed E-state index contributed by atoms with van der Waals surface area (Å²) in [6.07, 6.45) is 0.833. The van der Waals surface area contributed by atoms with Crippen LogP contribution in [0.1, 0.15) is 25.8 Å². The number of nitrogens with zero attached hydrogens (tertiary/aromatic N) is 2. The quantitative estimate of drug-likeness (QED) is 0.620. The Morgan fingerprint density at radius 2 is 1.62 bits per heavy atom. The third kappa shape index (κ3) is 7.21. The average molecular weight is 473 g/mol. The summed E-state index contributed by atoms with van der Waals surface area (Å²) in [4.78, 5) is 28.7. The first kappa shape index (κ1) is 24.0. The maximum absolute atomic E-state index is 12.2. The summed E-state index contributed by atoms with van der Waals surface area (Å²) in [6.45, 7) is 7.26. The van der Waals surface area contributed by atoms with Crippen molar-refractivity contribution in [3.63, 3.8) is 0 Å². The number of hydrogen-bond acceptors (Lipinski definition) is 4. The number of amides is 2. The maximum atomic E-state index is 12.2. The van der Waals surface area contributed by atoms with Gasteiger partial charge in [0.15, 0.2) is 5.11 Å². The average Bonchev–Trinajstić information content (AvgIpc) is 2.75. The third-order valence-corrected chi connectivity index (χ3v) is 5.69. The second kappa shape index (κ2) is 11.3. The van der Waals surface area contributed by atoms with Gasteiger partial charge in [-0.25, -0.2) is 0 Å². The third-order valence-electron chi connectivity index (χ3n) is 5.24. The number of rotatable bonds is 6. The van der Waals surface area contributed by atoms with Crippen molar-refractivity contribution in [2.75, 3.05) is 36.4 Å². The fourth-order valence-corrected chi connectivity index (χ4v) is 3.93. The first-order chi connectivity index (χ1) is 15.3.